The van der Waals surface area contributed by atoms with E-state index in [1.807, 2.05) is 18.2 Å². The zero-order valence-electron chi connectivity index (χ0n) is 10.6. The molecule has 3 aromatic rings. The number of hydrogen-bond acceptors (Lipinski definition) is 2. The van der Waals surface area contributed by atoms with Crippen LogP contribution in [-0.2, 0) is 6.42 Å². The second-order valence-corrected chi connectivity index (χ2v) is 6.46. The second-order valence-electron chi connectivity index (χ2n) is 4.62. The number of benzene rings is 1. The number of pyridine rings is 1. The quantitative estimate of drug-likeness (QED) is 0.609. The minimum Gasteiger partial charge on any atom is -0.253 e. The molecular weight excluding hydrogens is 274 g/mol. The molecule has 96 valence electrons. The van der Waals surface area contributed by atoms with Crippen molar-refractivity contribution in [3.8, 4) is 0 Å². The molecule has 2 heterocycles. The van der Waals surface area contributed by atoms with Gasteiger partial charge in [0.2, 0.25) is 0 Å². The van der Waals surface area contributed by atoms with E-state index in [1.165, 1.54) is 15.1 Å². The van der Waals surface area contributed by atoms with Crippen molar-refractivity contribution in [2.75, 3.05) is 0 Å². The van der Waals surface area contributed by atoms with Crippen LogP contribution in [-0.4, -0.2) is 4.98 Å². The summed E-state index contributed by atoms with van der Waals surface area (Å²) in [5.41, 5.74) is 2.08. The van der Waals surface area contributed by atoms with Crippen LogP contribution < -0.4 is 0 Å². The fraction of sp³-hybridized carbons (Fsp3) is 0.188. The Kier molecular flexibility index (Phi) is 3.54. The van der Waals surface area contributed by atoms with Crippen molar-refractivity contribution in [1.82, 2.24) is 4.98 Å². The summed E-state index contributed by atoms with van der Waals surface area (Å²) >= 11 is 8.23. The van der Waals surface area contributed by atoms with Crippen molar-refractivity contribution < 1.29 is 0 Å². The summed E-state index contributed by atoms with van der Waals surface area (Å²) in [5, 5.41) is 1.18. The first kappa shape index (κ1) is 12.6. The van der Waals surface area contributed by atoms with Gasteiger partial charge in [0.15, 0.2) is 0 Å². The maximum absolute atomic E-state index is 6.48. The Labute approximate surface area is 121 Å². The van der Waals surface area contributed by atoms with Crippen LogP contribution in [0.25, 0.3) is 10.9 Å². The third kappa shape index (κ3) is 2.80. The van der Waals surface area contributed by atoms with Gasteiger partial charge in [-0.15, -0.1) is 22.9 Å². The minimum absolute atomic E-state index is 0.00682. The summed E-state index contributed by atoms with van der Waals surface area (Å²) in [5.74, 6) is 0. The molecule has 0 aliphatic rings. The largest absolute Gasteiger partial charge is 0.253 e. The molecule has 0 saturated carbocycles. The van der Waals surface area contributed by atoms with E-state index >= 15 is 0 Å². The summed E-state index contributed by atoms with van der Waals surface area (Å²) in [4.78, 5) is 7.18. The zero-order chi connectivity index (χ0) is 13.2. The van der Waals surface area contributed by atoms with Crippen molar-refractivity contribution in [1.29, 1.82) is 0 Å². The van der Waals surface area contributed by atoms with Crippen molar-refractivity contribution in [3.63, 3.8) is 0 Å². The highest BCUT2D eigenvalue weighted by atomic mass is 35.5. The summed E-state index contributed by atoms with van der Waals surface area (Å²) in [6.07, 6.45) is 0.770. The topological polar surface area (TPSA) is 12.9 Å². The average molecular weight is 288 g/mol. The van der Waals surface area contributed by atoms with Crippen LogP contribution in [0.4, 0.5) is 0 Å². The van der Waals surface area contributed by atoms with Gasteiger partial charge in [-0.1, -0.05) is 24.3 Å². The highest BCUT2D eigenvalue weighted by molar-refractivity contribution is 7.12. The average Bonchev–Trinajstić information content (AvgIpc) is 2.85. The van der Waals surface area contributed by atoms with Crippen molar-refractivity contribution in [3.05, 3.63) is 64.0 Å². The van der Waals surface area contributed by atoms with Gasteiger partial charge >= 0.3 is 0 Å². The number of aryl methyl sites for hydroxylation is 1. The third-order valence-electron chi connectivity index (χ3n) is 3.11. The van der Waals surface area contributed by atoms with Gasteiger partial charge in [-0.05, 0) is 31.2 Å². The van der Waals surface area contributed by atoms with E-state index in [1.54, 1.807) is 11.3 Å². The molecule has 3 heteroatoms. The fourth-order valence-corrected chi connectivity index (χ4v) is 3.35. The van der Waals surface area contributed by atoms with Crippen molar-refractivity contribution in [2.45, 2.75) is 18.7 Å². The van der Waals surface area contributed by atoms with Crippen LogP contribution in [0.5, 0.6) is 0 Å². The molecule has 1 unspecified atom stereocenters. The SMILES string of the molecule is Cc1ccc(C(Cl)Cc2ccc3ccccc3n2)s1. The van der Waals surface area contributed by atoms with Gasteiger partial charge in [-0.3, -0.25) is 4.98 Å². The minimum atomic E-state index is 0.00682. The Morgan fingerprint density at radius 2 is 1.95 bits per heavy atom. The van der Waals surface area contributed by atoms with E-state index in [0.29, 0.717) is 0 Å². The number of para-hydroxylation sites is 1. The molecule has 3 rings (SSSR count). The van der Waals surface area contributed by atoms with Crippen molar-refractivity contribution in [2.24, 2.45) is 0 Å². The van der Waals surface area contributed by atoms with Crippen LogP contribution in [0, 0.1) is 6.92 Å². The molecule has 0 N–H and O–H groups in total. The second kappa shape index (κ2) is 5.32. The molecule has 0 spiro atoms. The Morgan fingerprint density at radius 3 is 2.74 bits per heavy atom. The molecule has 1 atom stereocenters. The van der Waals surface area contributed by atoms with Gasteiger partial charge in [-0.25, -0.2) is 0 Å². The molecule has 2 aromatic heterocycles. The van der Waals surface area contributed by atoms with E-state index < -0.39 is 0 Å². The molecule has 0 bridgehead atoms. The molecule has 1 aromatic carbocycles. The van der Waals surface area contributed by atoms with Gasteiger partial charge in [-0.2, -0.15) is 0 Å². The molecule has 19 heavy (non-hydrogen) atoms. The number of aromatic nitrogens is 1. The number of halogens is 1. The fourth-order valence-electron chi connectivity index (χ4n) is 2.13. The first-order valence-electron chi connectivity index (χ1n) is 6.27. The molecule has 0 saturated heterocycles. The van der Waals surface area contributed by atoms with Gasteiger partial charge in [0.1, 0.15) is 0 Å². The molecule has 0 amide bonds. The number of thiophene rings is 1. The summed E-state index contributed by atoms with van der Waals surface area (Å²) < 4.78 is 0. The zero-order valence-corrected chi connectivity index (χ0v) is 12.2. The number of fused-ring (bicyclic) bond motifs is 1. The molecule has 0 fully saturated rings. The lowest BCUT2D eigenvalue weighted by molar-refractivity contribution is 0.904. The number of alkyl halides is 1. The molecule has 1 nitrogen and oxygen atoms in total. The molecule has 0 radical (unpaired) electrons. The van der Waals surface area contributed by atoms with Crippen LogP contribution in [0.15, 0.2) is 48.5 Å². The van der Waals surface area contributed by atoms with Crippen LogP contribution >= 0.6 is 22.9 Å². The number of rotatable bonds is 3. The smallest absolute Gasteiger partial charge is 0.0733 e. The summed E-state index contributed by atoms with van der Waals surface area (Å²) in [6.45, 7) is 2.10. The predicted octanol–water partition coefficient (Wildman–Crippen LogP) is 5.13. The highest BCUT2D eigenvalue weighted by Gasteiger charge is 2.12. The van der Waals surface area contributed by atoms with E-state index in [4.69, 9.17) is 11.6 Å². The van der Waals surface area contributed by atoms with E-state index in [0.717, 1.165) is 17.6 Å². The predicted molar refractivity (Wildman–Crippen MR) is 83.1 cm³/mol. The highest BCUT2D eigenvalue weighted by Crippen LogP contribution is 2.30. The standard InChI is InChI=1S/C16H14ClNS/c1-11-6-9-16(19-11)14(17)10-13-8-7-12-4-2-3-5-15(12)18-13/h2-9,14H,10H2,1H3. The molecule has 0 aliphatic carbocycles. The van der Waals surface area contributed by atoms with E-state index in [2.05, 4.69) is 42.2 Å². The molecular formula is C16H14ClNS. The van der Waals surface area contributed by atoms with Gasteiger partial charge in [0, 0.05) is 27.3 Å². The summed E-state index contributed by atoms with van der Waals surface area (Å²) in [6, 6.07) is 16.6. The van der Waals surface area contributed by atoms with Crippen LogP contribution in [0.1, 0.15) is 20.8 Å². The lowest BCUT2D eigenvalue weighted by atomic mass is 10.1. The first-order chi connectivity index (χ1) is 9.22. The number of hydrogen-bond donors (Lipinski definition) is 0. The van der Waals surface area contributed by atoms with E-state index in [9.17, 15) is 0 Å². The normalized spacial score (nSPS) is 12.7. The Bertz CT molecular complexity index is 705. The lowest BCUT2D eigenvalue weighted by Gasteiger charge is -2.07. The Morgan fingerprint density at radius 1 is 1.11 bits per heavy atom. The third-order valence-corrected chi connectivity index (χ3v) is 4.75. The monoisotopic (exact) mass is 287 g/mol. The van der Waals surface area contributed by atoms with Crippen LogP contribution in [0.3, 0.4) is 0 Å². The Balaban J connectivity index is 1.84. The van der Waals surface area contributed by atoms with E-state index in [-0.39, 0.29) is 5.38 Å². The van der Waals surface area contributed by atoms with Gasteiger partial charge < -0.3 is 0 Å². The molecule has 0 aliphatic heterocycles. The number of nitrogens with zero attached hydrogens (tertiary/aromatic N) is 1. The summed E-state index contributed by atoms with van der Waals surface area (Å²) in [7, 11) is 0. The first-order valence-corrected chi connectivity index (χ1v) is 7.53. The maximum atomic E-state index is 6.48. The van der Waals surface area contributed by atoms with Gasteiger partial charge in [0.05, 0.1) is 10.9 Å². The maximum Gasteiger partial charge on any atom is 0.0733 e. The Hall–Kier alpha value is -1.38. The van der Waals surface area contributed by atoms with Crippen molar-refractivity contribution >= 4 is 33.8 Å². The van der Waals surface area contributed by atoms with Crippen LogP contribution in [0.2, 0.25) is 0 Å². The van der Waals surface area contributed by atoms with Gasteiger partial charge in [0.25, 0.3) is 0 Å². The lowest BCUT2D eigenvalue weighted by Crippen LogP contribution is -1.96.